The molecule has 24 heavy (non-hydrogen) atoms. The molecular weight excluding hydrogens is 304 g/mol. The van der Waals surface area contributed by atoms with E-state index in [1.54, 1.807) is 0 Å². The Morgan fingerprint density at radius 1 is 1.21 bits per heavy atom. The second-order valence-electron chi connectivity index (χ2n) is 6.89. The Bertz CT molecular complexity index is 827. The van der Waals surface area contributed by atoms with Gasteiger partial charge in [0.15, 0.2) is 11.7 Å². The second-order valence-corrected chi connectivity index (χ2v) is 6.89. The number of hydrogen-bond donors (Lipinski definition) is 0. The quantitative estimate of drug-likeness (QED) is 0.538. The van der Waals surface area contributed by atoms with Gasteiger partial charge in [0.2, 0.25) is 5.69 Å². The van der Waals surface area contributed by atoms with E-state index in [4.69, 9.17) is 0 Å². The molecule has 0 fully saturated rings. The molecule has 1 aliphatic heterocycles. The molecule has 1 nitrogen and oxygen atoms in total. The van der Waals surface area contributed by atoms with Gasteiger partial charge >= 0.3 is 0 Å². The Morgan fingerprint density at radius 3 is 2.50 bits per heavy atom. The monoisotopic (exact) mass is 328 g/mol. The molecule has 0 saturated heterocycles. The molecule has 2 heterocycles. The predicted octanol–water partition coefficient (Wildman–Crippen LogP) is 5.20. The lowest BCUT2D eigenvalue weighted by Crippen LogP contribution is -2.68. The lowest BCUT2D eigenvalue weighted by molar-refractivity contribution is -0.756. The van der Waals surface area contributed by atoms with E-state index in [0.29, 0.717) is 5.56 Å². The number of aromatic nitrogens is 1. The maximum Gasteiger partial charge on any atom is 0.219 e. The van der Waals surface area contributed by atoms with Gasteiger partial charge in [-0.05, 0) is 44.0 Å². The van der Waals surface area contributed by atoms with Crippen LogP contribution in [0.3, 0.4) is 0 Å². The number of benzene rings is 1. The van der Waals surface area contributed by atoms with Crippen molar-refractivity contribution >= 4 is 0 Å². The van der Waals surface area contributed by atoms with Crippen LogP contribution in [0.1, 0.15) is 44.7 Å². The summed E-state index contributed by atoms with van der Waals surface area (Å²) >= 11 is 0. The summed E-state index contributed by atoms with van der Waals surface area (Å²) in [5.41, 5.74) is 2.16. The zero-order chi connectivity index (χ0) is 17.7. The highest BCUT2D eigenvalue weighted by Gasteiger charge is 2.58. The third-order valence-electron chi connectivity index (χ3n) is 6.05. The first-order chi connectivity index (χ1) is 11.4. The molecule has 3 rings (SSSR count). The van der Waals surface area contributed by atoms with Crippen LogP contribution in [-0.4, -0.2) is 0 Å². The molecule has 1 aliphatic rings. The van der Waals surface area contributed by atoms with Crippen molar-refractivity contribution in [1.29, 1.82) is 0 Å². The molecule has 3 heteroatoms. The molecule has 1 aromatic heterocycles. The minimum absolute atomic E-state index is 0.434. The van der Waals surface area contributed by atoms with Gasteiger partial charge in [-0.2, -0.15) is 4.57 Å². The van der Waals surface area contributed by atoms with Crippen LogP contribution in [0.15, 0.2) is 43.1 Å². The van der Waals surface area contributed by atoms with E-state index in [2.05, 4.69) is 31.9 Å². The molecule has 126 valence electrons. The van der Waals surface area contributed by atoms with Gasteiger partial charge in [-0.15, -0.1) is 0 Å². The molecule has 0 bridgehead atoms. The van der Waals surface area contributed by atoms with Crippen LogP contribution in [0.2, 0.25) is 0 Å². The van der Waals surface area contributed by atoms with Crippen molar-refractivity contribution < 1.29 is 13.3 Å². The lowest BCUT2D eigenvalue weighted by Gasteiger charge is -2.46. The van der Waals surface area contributed by atoms with Gasteiger partial charge in [-0.1, -0.05) is 20.4 Å². The number of rotatable bonds is 3. The first-order valence-electron chi connectivity index (χ1n) is 8.51. The number of pyridine rings is 1. The summed E-state index contributed by atoms with van der Waals surface area (Å²) in [6, 6.07) is 6.44. The van der Waals surface area contributed by atoms with Crippen LogP contribution in [-0.2, 0) is 11.0 Å². The summed E-state index contributed by atoms with van der Waals surface area (Å²) < 4.78 is 31.1. The van der Waals surface area contributed by atoms with E-state index in [0.717, 1.165) is 35.7 Å². The first kappa shape index (κ1) is 16.8. The fourth-order valence-corrected chi connectivity index (χ4v) is 4.54. The van der Waals surface area contributed by atoms with Crippen LogP contribution in [0.5, 0.6) is 0 Å². The van der Waals surface area contributed by atoms with Crippen molar-refractivity contribution in [3.8, 4) is 11.3 Å². The van der Waals surface area contributed by atoms with Gasteiger partial charge in [-0.3, -0.25) is 0 Å². The predicted molar refractivity (Wildman–Crippen MR) is 92.8 cm³/mol. The number of halogens is 2. The number of hydrogen-bond acceptors (Lipinski definition) is 0. The number of allylic oxidation sites excluding steroid dienone is 1. The van der Waals surface area contributed by atoms with Crippen LogP contribution in [0.25, 0.3) is 11.3 Å². The van der Waals surface area contributed by atoms with Crippen molar-refractivity contribution in [2.24, 2.45) is 0 Å². The third-order valence-corrected chi connectivity index (χ3v) is 6.05. The van der Waals surface area contributed by atoms with Crippen LogP contribution in [0.4, 0.5) is 8.78 Å². The maximum atomic E-state index is 14.9. The Morgan fingerprint density at radius 2 is 1.92 bits per heavy atom. The van der Waals surface area contributed by atoms with Crippen LogP contribution in [0, 0.1) is 18.6 Å². The van der Waals surface area contributed by atoms with Crippen molar-refractivity contribution in [3.05, 3.63) is 65.9 Å². The zero-order valence-corrected chi connectivity index (χ0v) is 14.8. The molecule has 0 aliphatic carbocycles. The van der Waals surface area contributed by atoms with E-state index in [-0.39, 0.29) is 0 Å². The third kappa shape index (κ3) is 1.87. The maximum absolute atomic E-state index is 14.9. The SMILES string of the molecule is C=CC1(CC)[n+]2cccc(C)c2-c2c(F)cc(F)cc2C1(C)CC. The minimum atomic E-state index is -0.526. The summed E-state index contributed by atoms with van der Waals surface area (Å²) in [4.78, 5) is 0. The molecular formula is C21H24F2N+. The Balaban J connectivity index is 2.57. The Kier molecular flexibility index (Phi) is 3.86. The molecule has 1 aromatic carbocycles. The van der Waals surface area contributed by atoms with Gasteiger partial charge < -0.3 is 0 Å². The Labute approximate surface area is 142 Å². The van der Waals surface area contributed by atoms with E-state index in [1.807, 2.05) is 31.3 Å². The molecule has 2 aromatic rings. The highest BCUT2D eigenvalue weighted by atomic mass is 19.1. The van der Waals surface area contributed by atoms with E-state index in [1.165, 1.54) is 6.07 Å². The smallest absolute Gasteiger partial charge is 0.207 e. The van der Waals surface area contributed by atoms with E-state index < -0.39 is 22.6 Å². The van der Waals surface area contributed by atoms with Gasteiger partial charge in [0, 0.05) is 24.1 Å². The average molecular weight is 328 g/mol. The fourth-order valence-electron chi connectivity index (χ4n) is 4.54. The summed E-state index contributed by atoms with van der Waals surface area (Å²) in [7, 11) is 0. The minimum Gasteiger partial charge on any atom is -0.207 e. The van der Waals surface area contributed by atoms with Crippen molar-refractivity contribution in [3.63, 3.8) is 0 Å². The molecule has 0 N–H and O–H groups in total. The molecule has 0 saturated carbocycles. The van der Waals surface area contributed by atoms with Crippen molar-refractivity contribution in [2.75, 3.05) is 0 Å². The van der Waals surface area contributed by atoms with Gasteiger partial charge in [0.1, 0.15) is 11.6 Å². The topological polar surface area (TPSA) is 3.88 Å². The number of nitrogens with zero attached hydrogens (tertiary/aromatic N) is 1. The summed E-state index contributed by atoms with van der Waals surface area (Å²) in [5, 5.41) is 0. The molecule has 2 unspecified atom stereocenters. The summed E-state index contributed by atoms with van der Waals surface area (Å²) in [6.07, 6.45) is 5.49. The standard InChI is InChI=1S/C21H24F2N/c1-6-20(5)16-12-15(22)13-17(23)18(16)19-14(4)10-9-11-24(19)21(20,7-2)8-3/h7,9-13H,2,6,8H2,1,3-5H3/q+1. The molecule has 0 radical (unpaired) electrons. The molecule has 0 spiro atoms. The van der Waals surface area contributed by atoms with Gasteiger partial charge in [0.05, 0.1) is 11.0 Å². The lowest BCUT2D eigenvalue weighted by atomic mass is 9.59. The first-order valence-corrected chi connectivity index (χ1v) is 8.51. The van der Waals surface area contributed by atoms with Crippen molar-refractivity contribution in [2.45, 2.75) is 51.5 Å². The number of aryl methyl sites for hydroxylation is 1. The largest absolute Gasteiger partial charge is 0.219 e. The Hall–Kier alpha value is -2.03. The molecule has 2 atom stereocenters. The van der Waals surface area contributed by atoms with E-state index in [9.17, 15) is 8.78 Å². The summed E-state index contributed by atoms with van der Waals surface area (Å²) in [6.45, 7) is 12.3. The van der Waals surface area contributed by atoms with Crippen LogP contribution >= 0.6 is 0 Å². The van der Waals surface area contributed by atoms with Crippen molar-refractivity contribution in [1.82, 2.24) is 0 Å². The van der Waals surface area contributed by atoms with E-state index >= 15 is 0 Å². The normalized spacial score (nSPS) is 25.1. The molecule has 0 amide bonds. The fraction of sp³-hybridized carbons (Fsp3) is 0.381. The average Bonchev–Trinajstić information content (AvgIpc) is 2.56. The highest BCUT2D eigenvalue weighted by Crippen LogP contribution is 2.51. The van der Waals surface area contributed by atoms with Crippen LogP contribution < -0.4 is 4.57 Å². The zero-order valence-electron chi connectivity index (χ0n) is 14.8. The van der Waals surface area contributed by atoms with Gasteiger partial charge in [-0.25, -0.2) is 8.78 Å². The highest BCUT2D eigenvalue weighted by molar-refractivity contribution is 5.69. The number of fused-ring (bicyclic) bond motifs is 3. The summed E-state index contributed by atoms with van der Waals surface area (Å²) in [5.74, 6) is -1.02. The second kappa shape index (κ2) is 5.51. The van der Waals surface area contributed by atoms with Gasteiger partial charge in [0.25, 0.3) is 0 Å².